The van der Waals surface area contributed by atoms with Crippen molar-refractivity contribution in [2.75, 3.05) is 14.2 Å². The molecule has 2 aromatic carbocycles. The summed E-state index contributed by atoms with van der Waals surface area (Å²) in [6.07, 6.45) is 2.84. The molecule has 2 N–H and O–H groups in total. The minimum atomic E-state index is -0.288. The van der Waals surface area contributed by atoms with Crippen molar-refractivity contribution >= 4 is 27.7 Å². The van der Waals surface area contributed by atoms with Crippen molar-refractivity contribution in [2.45, 2.75) is 38.8 Å². The molecular formula is C25H26N4O4. The third kappa shape index (κ3) is 3.61. The normalized spacial score (nSPS) is 15.4. The molecule has 1 aliphatic carbocycles. The number of hydrogen-bond donors (Lipinski definition) is 2. The van der Waals surface area contributed by atoms with Gasteiger partial charge >= 0.3 is 0 Å². The van der Waals surface area contributed by atoms with Gasteiger partial charge in [0.25, 0.3) is 5.56 Å². The van der Waals surface area contributed by atoms with Crippen LogP contribution < -0.4 is 20.3 Å². The first-order valence-electron chi connectivity index (χ1n) is 11.0. The van der Waals surface area contributed by atoms with Crippen molar-refractivity contribution in [3.63, 3.8) is 0 Å². The van der Waals surface area contributed by atoms with Crippen molar-refractivity contribution in [1.82, 2.24) is 19.9 Å². The second-order valence-electron chi connectivity index (χ2n) is 8.35. The number of fused-ring (bicyclic) bond motifs is 4. The molecule has 4 aromatic rings. The molecule has 0 bridgehead atoms. The molecule has 0 spiro atoms. The summed E-state index contributed by atoms with van der Waals surface area (Å²) in [6, 6.07) is 11.4. The fraction of sp³-hybridized carbons (Fsp3) is 0.320. The van der Waals surface area contributed by atoms with Gasteiger partial charge in [0.15, 0.2) is 11.5 Å². The van der Waals surface area contributed by atoms with E-state index in [0.717, 1.165) is 30.5 Å². The highest BCUT2D eigenvalue weighted by Gasteiger charge is 2.26. The van der Waals surface area contributed by atoms with Gasteiger partial charge in [0.05, 0.1) is 31.2 Å². The van der Waals surface area contributed by atoms with Crippen LogP contribution in [0.3, 0.4) is 0 Å². The zero-order chi connectivity index (χ0) is 23.1. The van der Waals surface area contributed by atoms with Crippen molar-refractivity contribution in [3.05, 3.63) is 63.8 Å². The Kier molecular flexibility index (Phi) is 5.28. The standard InChI is InChI=1S/C25H26N4O4/c1-14-26-20-12-22(33-3)21(32-2)11-17(20)25(31)29(14)13-23(30)27-19-10-6-8-16-15-7-4-5-9-18(15)28-24(16)19/h4-5,7,9,11-12,19,28H,6,8,10,13H2,1-3H3,(H,27,30). The number of ether oxygens (including phenoxy) is 2. The Hall–Kier alpha value is -3.81. The molecule has 0 radical (unpaired) electrons. The molecule has 0 aliphatic heterocycles. The lowest BCUT2D eigenvalue weighted by molar-refractivity contribution is -0.122. The summed E-state index contributed by atoms with van der Waals surface area (Å²) in [4.78, 5) is 34.2. The minimum absolute atomic E-state index is 0.103. The third-order valence-corrected chi connectivity index (χ3v) is 6.40. The first-order chi connectivity index (χ1) is 16.0. The summed E-state index contributed by atoms with van der Waals surface area (Å²) >= 11 is 0. The lowest BCUT2D eigenvalue weighted by atomic mass is 9.91. The lowest BCUT2D eigenvalue weighted by Crippen LogP contribution is -2.37. The second-order valence-corrected chi connectivity index (χ2v) is 8.35. The number of H-pyrrole nitrogens is 1. The number of carbonyl (C=O) groups is 1. The van der Waals surface area contributed by atoms with E-state index < -0.39 is 0 Å². The van der Waals surface area contributed by atoms with Crippen LogP contribution in [0, 0.1) is 6.92 Å². The highest BCUT2D eigenvalue weighted by Crippen LogP contribution is 2.34. The van der Waals surface area contributed by atoms with Gasteiger partial charge in [0.2, 0.25) is 5.91 Å². The fourth-order valence-corrected chi connectivity index (χ4v) is 4.79. The molecule has 2 aromatic heterocycles. The molecule has 0 saturated heterocycles. The Bertz CT molecular complexity index is 1440. The number of methoxy groups -OCH3 is 2. The van der Waals surface area contributed by atoms with Gasteiger partial charge in [-0.25, -0.2) is 4.98 Å². The smallest absolute Gasteiger partial charge is 0.262 e. The van der Waals surface area contributed by atoms with E-state index >= 15 is 0 Å². The molecule has 1 aliphatic rings. The monoisotopic (exact) mass is 446 g/mol. The van der Waals surface area contributed by atoms with E-state index in [1.165, 1.54) is 29.7 Å². The topological polar surface area (TPSA) is 98.2 Å². The molecule has 0 fully saturated rings. The molecule has 1 atom stereocenters. The highest BCUT2D eigenvalue weighted by molar-refractivity contribution is 5.86. The van der Waals surface area contributed by atoms with E-state index in [0.29, 0.717) is 28.2 Å². The molecule has 0 saturated carbocycles. The molecule has 8 heteroatoms. The number of benzene rings is 2. The largest absolute Gasteiger partial charge is 0.493 e. The van der Waals surface area contributed by atoms with Crippen LogP contribution in [-0.2, 0) is 17.8 Å². The van der Waals surface area contributed by atoms with E-state index in [9.17, 15) is 9.59 Å². The first-order valence-corrected chi connectivity index (χ1v) is 11.0. The van der Waals surface area contributed by atoms with Crippen molar-refractivity contribution < 1.29 is 14.3 Å². The second kappa shape index (κ2) is 8.27. The van der Waals surface area contributed by atoms with Crippen LogP contribution in [0.25, 0.3) is 21.8 Å². The molecule has 8 nitrogen and oxygen atoms in total. The molecule has 1 amide bonds. The number of nitrogens with one attached hydrogen (secondary N) is 2. The predicted molar refractivity (Wildman–Crippen MR) is 126 cm³/mol. The molecule has 170 valence electrons. The van der Waals surface area contributed by atoms with Crippen LogP contribution >= 0.6 is 0 Å². The SMILES string of the molecule is COc1cc2nc(C)n(CC(=O)NC3CCCc4c3[nH]c3ccccc43)c(=O)c2cc1OC. The molecule has 2 heterocycles. The van der Waals surface area contributed by atoms with Crippen LogP contribution in [0.15, 0.2) is 41.2 Å². The molecular weight excluding hydrogens is 420 g/mol. The maximum absolute atomic E-state index is 13.2. The maximum atomic E-state index is 13.2. The number of rotatable bonds is 5. The quantitative estimate of drug-likeness (QED) is 0.490. The van der Waals surface area contributed by atoms with Crippen molar-refractivity contribution in [3.8, 4) is 11.5 Å². The Morgan fingerprint density at radius 3 is 2.73 bits per heavy atom. The summed E-state index contributed by atoms with van der Waals surface area (Å²) in [5, 5.41) is 4.71. The number of aromatic nitrogens is 3. The average molecular weight is 447 g/mol. The van der Waals surface area contributed by atoms with Gasteiger partial charge in [-0.1, -0.05) is 18.2 Å². The Morgan fingerprint density at radius 2 is 1.94 bits per heavy atom. The third-order valence-electron chi connectivity index (χ3n) is 6.40. The van der Waals surface area contributed by atoms with Crippen LogP contribution in [0.5, 0.6) is 11.5 Å². The first kappa shape index (κ1) is 21.1. The van der Waals surface area contributed by atoms with Crippen LogP contribution in [0.1, 0.15) is 36.0 Å². The molecule has 33 heavy (non-hydrogen) atoms. The number of aromatic amines is 1. The number of aryl methyl sites for hydroxylation is 2. The summed E-state index contributed by atoms with van der Waals surface area (Å²) in [6.45, 7) is 1.62. The zero-order valence-corrected chi connectivity index (χ0v) is 18.9. The Morgan fingerprint density at radius 1 is 1.18 bits per heavy atom. The van der Waals surface area contributed by atoms with E-state index in [2.05, 4.69) is 27.4 Å². The zero-order valence-electron chi connectivity index (χ0n) is 18.9. The van der Waals surface area contributed by atoms with Crippen LogP contribution in [0.2, 0.25) is 0 Å². The van der Waals surface area contributed by atoms with Gasteiger partial charge in [-0.2, -0.15) is 0 Å². The lowest BCUT2D eigenvalue weighted by Gasteiger charge is -2.24. The molecule has 5 rings (SSSR count). The van der Waals surface area contributed by atoms with Gasteiger partial charge in [-0.15, -0.1) is 0 Å². The summed E-state index contributed by atoms with van der Waals surface area (Å²) in [5.74, 6) is 1.18. The Labute approximate surface area is 190 Å². The van der Waals surface area contributed by atoms with E-state index in [1.54, 1.807) is 19.1 Å². The Balaban J connectivity index is 1.44. The minimum Gasteiger partial charge on any atom is -0.493 e. The molecule has 1 unspecified atom stereocenters. The average Bonchev–Trinajstić information content (AvgIpc) is 3.21. The predicted octanol–water partition coefficient (Wildman–Crippen LogP) is 3.40. The van der Waals surface area contributed by atoms with Gasteiger partial charge in [0.1, 0.15) is 12.4 Å². The van der Waals surface area contributed by atoms with Gasteiger partial charge in [0, 0.05) is 22.7 Å². The van der Waals surface area contributed by atoms with E-state index in [1.807, 2.05) is 12.1 Å². The number of amides is 1. The van der Waals surface area contributed by atoms with Crippen molar-refractivity contribution in [1.29, 1.82) is 0 Å². The number of carbonyl (C=O) groups excluding carboxylic acids is 1. The number of hydrogen-bond acceptors (Lipinski definition) is 5. The van der Waals surface area contributed by atoms with Crippen LogP contribution in [0.4, 0.5) is 0 Å². The van der Waals surface area contributed by atoms with E-state index in [4.69, 9.17) is 9.47 Å². The number of nitrogens with zero attached hydrogens (tertiary/aromatic N) is 2. The summed E-state index contributed by atoms with van der Waals surface area (Å²) in [5.41, 5.74) is 3.63. The highest BCUT2D eigenvalue weighted by atomic mass is 16.5. The van der Waals surface area contributed by atoms with Gasteiger partial charge < -0.3 is 19.8 Å². The van der Waals surface area contributed by atoms with Gasteiger partial charge in [-0.05, 0) is 43.9 Å². The van der Waals surface area contributed by atoms with Gasteiger partial charge in [-0.3, -0.25) is 14.2 Å². The summed E-state index contributed by atoms with van der Waals surface area (Å²) < 4.78 is 12.0. The van der Waals surface area contributed by atoms with Crippen molar-refractivity contribution in [2.24, 2.45) is 0 Å². The fourth-order valence-electron chi connectivity index (χ4n) is 4.79. The maximum Gasteiger partial charge on any atom is 0.262 e. The number of para-hydroxylation sites is 1. The van der Waals surface area contributed by atoms with E-state index in [-0.39, 0.29) is 24.1 Å². The summed E-state index contributed by atoms with van der Waals surface area (Å²) in [7, 11) is 3.05. The van der Waals surface area contributed by atoms with Crippen LogP contribution in [-0.4, -0.2) is 34.7 Å².